The predicted octanol–water partition coefficient (Wildman–Crippen LogP) is 2.87. The Kier molecular flexibility index (Phi) is 3.78. The van der Waals surface area contributed by atoms with Crippen LogP contribution in [0.2, 0.25) is 0 Å². The molecular formula is C17H15N5. The lowest BCUT2D eigenvalue weighted by Crippen LogP contribution is -2.01. The zero-order chi connectivity index (χ0) is 15.4. The molecule has 0 saturated carbocycles. The maximum absolute atomic E-state index is 6.14. The summed E-state index contributed by atoms with van der Waals surface area (Å²) in [6.07, 6.45) is 5.52. The van der Waals surface area contributed by atoms with E-state index in [1.165, 1.54) is 0 Å². The van der Waals surface area contributed by atoms with E-state index in [2.05, 4.69) is 15.4 Å². The number of hydrogen-bond acceptors (Lipinski definition) is 5. The third kappa shape index (κ3) is 2.78. The monoisotopic (exact) mass is 289 g/mol. The SMILES string of the molecule is Nc1c(C=Cc2ccccc2)ccc(-c2ccnnn2)c1N. The van der Waals surface area contributed by atoms with E-state index in [-0.39, 0.29) is 0 Å². The highest BCUT2D eigenvalue weighted by Crippen LogP contribution is 2.32. The van der Waals surface area contributed by atoms with E-state index in [1.54, 1.807) is 12.3 Å². The lowest BCUT2D eigenvalue weighted by Gasteiger charge is -2.09. The minimum Gasteiger partial charge on any atom is -0.397 e. The molecule has 1 aromatic heterocycles. The molecular weight excluding hydrogens is 274 g/mol. The summed E-state index contributed by atoms with van der Waals surface area (Å²) in [5.41, 5.74) is 16.7. The van der Waals surface area contributed by atoms with Crippen molar-refractivity contribution in [1.29, 1.82) is 0 Å². The molecule has 0 aliphatic rings. The van der Waals surface area contributed by atoms with Crippen molar-refractivity contribution in [2.75, 3.05) is 11.5 Å². The lowest BCUT2D eigenvalue weighted by molar-refractivity contribution is 0.871. The molecule has 5 nitrogen and oxygen atoms in total. The van der Waals surface area contributed by atoms with Crippen LogP contribution in [0.15, 0.2) is 54.7 Å². The van der Waals surface area contributed by atoms with Gasteiger partial charge in [-0.3, -0.25) is 0 Å². The van der Waals surface area contributed by atoms with E-state index in [0.29, 0.717) is 17.1 Å². The average Bonchev–Trinajstić information content (AvgIpc) is 2.58. The number of nitrogens with zero attached hydrogens (tertiary/aromatic N) is 3. The summed E-state index contributed by atoms with van der Waals surface area (Å²) in [7, 11) is 0. The van der Waals surface area contributed by atoms with E-state index in [4.69, 9.17) is 11.5 Å². The van der Waals surface area contributed by atoms with Crippen LogP contribution in [0, 0.1) is 0 Å². The molecule has 0 radical (unpaired) electrons. The minimum atomic E-state index is 0.496. The second-order valence-electron chi connectivity index (χ2n) is 4.78. The number of rotatable bonds is 3. The van der Waals surface area contributed by atoms with Gasteiger partial charge in [0.2, 0.25) is 0 Å². The summed E-state index contributed by atoms with van der Waals surface area (Å²) in [6, 6.07) is 15.6. The van der Waals surface area contributed by atoms with Crippen LogP contribution in [-0.4, -0.2) is 15.4 Å². The standard InChI is InChI=1S/C17H15N5/c18-16-13(7-6-12-4-2-1-3-5-12)8-9-14(17(16)19)15-10-11-20-22-21-15/h1-11H,18-19H2. The van der Waals surface area contributed by atoms with Crippen LogP contribution in [0.25, 0.3) is 23.4 Å². The highest BCUT2D eigenvalue weighted by Gasteiger charge is 2.09. The van der Waals surface area contributed by atoms with Gasteiger partial charge in [0, 0.05) is 5.56 Å². The summed E-state index contributed by atoms with van der Waals surface area (Å²) in [4.78, 5) is 0. The van der Waals surface area contributed by atoms with Gasteiger partial charge in [-0.2, -0.15) is 0 Å². The Hall–Kier alpha value is -3.21. The van der Waals surface area contributed by atoms with Crippen molar-refractivity contribution in [3.8, 4) is 11.3 Å². The molecule has 0 bridgehead atoms. The van der Waals surface area contributed by atoms with E-state index in [0.717, 1.165) is 16.7 Å². The largest absolute Gasteiger partial charge is 0.397 e. The molecule has 0 spiro atoms. The number of hydrogen-bond donors (Lipinski definition) is 2. The molecule has 108 valence electrons. The van der Waals surface area contributed by atoms with Gasteiger partial charge in [-0.1, -0.05) is 48.6 Å². The molecule has 3 rings (SSSR count). The molecule has 0 amide bonds. The van der Waals surface area contributed by atoms with Crippen LogP contribution in [0.4, 0.5) is 11.4 Å². The highest BCUT2D eigenvalue weighted by atomic mass is 15.3. The van der Waals surface area contributed by atoms with Crippen LogP contribution >= 0.6 is 0 Å². The first-order valence-corrected chi connectivity index (χ1v) is 6.81. The Bertz CT molecular complexity index is 798. The third-order valence-corrected chi connectivity index (χ3v) is 3.35. The van der Waals surface area contributed by atoms with Gasteiger partial charge in [0.1, 0.15) is 0 Å². The molecule has 3 aromatic rings. The van der Waals surface area contributed by atoms with Crippen molar-refractivity contribution < 1.29 is 0 Å². The quantitative estimate of drug-likeness (QED) is 0.571. The van der Waals surface area contributed by atoms with Crippen LogP contribution < -0.4 is 11.5 Å². The van der Waals surface area contributed by atoms with E-state index < -0.39 is 0 Å². The van der Waals surface area contributed by atoms with Crippen molar-refractivity contribution in [1.82, 2.24) is 15.4 Å². The molecule has 1 heterocycles. The molecule has 22 heavy (non-hydrogen) atoms. The first-order valence-electron chi connectivity index (χ1n) is 6.81. The average molecular weight is 289 g/mol. The van der Waals surface area contributed by atoms with Crippen LogP contribution in [0.1, 0.15) is 11.1 Å². The van der Waals surface area contributed by atoms with E-state index in [1.807, 2.05) is 54.6 Å². The number of nitrogens with two attached hydrogens (primary N) is 2. The zero-order valence-electron chi connectivity index (χ0n) is 11.8. The van der Waals surface area contributed by atoms with Gasteiger partial charge >= 0.3 is 0 Å². The molecule has 4 N–H and O–H groups in total. The van der Waals surface area contributed by atoms with E-state index >= 15 is 0 Å². The van der Waals surface area contributed by atoms with Crippen molar-refractivity contribution >= 4 is 23.5 Å². The normalized spacial score (nSPS) is 10.9. The number of benzene rings is 2. The minimum absolute atomic E-state index is 0.496. The Morgan fingerprint density at radius 2 is 1.64 bits per heavy atom. The van der Waals surface area contributed by atoms with Gasteiger partial charge in [0.05, 0.1) is 23.3 Å². The van der Waals surface area contributed by atoms with Gasteiger partial charge in [-0.25, -0.2) is 0 Å². The maximum atomic E-state index is 6.14. The predicted molar refractivity (Wildman–Crippen MR) is 89.5 cm³/mol. The van der Waals surface area contributed by atoms with Gasteiger partial charge in [0.15, 0.2) is 0 Å². The second kappa shape index (κ2) is 6.05. The first kappa shape index (κ1) is 13.8. The fourth-order valence-electron chi connectivity index (χ4n) is 2.16. The summed E-state index contributed by atoms with van der Waals surface area (Å²) in [5.74, 6) is 0. The lowest BCUT2D eigenvalue weighted by atomic mass is 10.0. The Morgan fingerprint density at radius 3 is 2.36 bits per heavy atom. The van der Waals surface area contributed by atoms with E-state index in [9.17, 15) is 0 Å². The molecule has 0 fully saturated rings. The Labute approximate surface area is 128 Å². The maximum Gasteiger partial charge on any atom is 0.0984 e. The smallest absolute Gasteiger partial charge is 0.0984 e. The van der Waals surface area contributed by atoms with Gasteiger partial charge in [-0.15, -0.1) is 10.2 Å². The Morgan fingerprint density at radius 1 is 0.818 bits per heavy atom. The molecule has 0 unspecified atom stereocenters. The molecule has 2 aromatic carbocycles. The van der Waals surface area contributed by atoms with Crippen LogP contribution in [0.3, 0.4) is 0 Å². The summed E-state index contributed by atoms with van der Waals surface area (Å²) in [5, 5.41) is 11.2. The molecule has 5 heteroatoms. The van der Waals surface area contributed by atoms with Gasteiger partial charge in [-0.05, 0) is 28.5 Å². The highest BCUT2D eigenvalue weighted by molar-refractivity contribution is 5.89. The molecule has 0 atom stereocenters. The summed E-state index contributed by atoms with van der Waals surface area (Å²) >= 11 is 0. The number of aromatic nitrogens is 3. The van der Waals surface area contributed by atoms with Crippen molar-refractivity contribution in [2.45, 2.75) is 0 Å². The van der Waals surface area contributed by atoms with Gasteiger partial charge < -0.3 is 11.5 Å². The zero-order valence-corrected chi connectivity index (χ0v) is 11.8. The third-order valence-electron chi connectivity index (χ3n) is 3.35. The first-order chi connectivity index (χ1) is 10.8. The topological polar surface area (TPSA) is 90.7 Å². The number of anilines is 2. The van der Waals surface area contributed by atoms with Crippen LogP contribution in [0.5, 0.6) is 0 Å². The van der Waals surface area contributed by atoms with Gasteiger partial charge in [0.25, 0.3) is 0 Å². The Balaban J connectivity index is 1.95. The van der Waals surface area contributed by atoms with Crippen molar-refractivity contribution in [2.24, 2.45) is 0 Å². The fraction of sp³-hybridized carbons (Fsp3) is 0. The number of nitrogen functional groups attached to an aromatic ring is 2. The fourth-order valence-corrected chi connectivity index (χ4v) is 2.16. The molecule has 0 aliphatic heterocycles. The van der Waals surface area contributed by atoms with Crippen LogP contribution in [-0.2, 0) is 0 Å². The van der Waals surface area contributed by atoms with Crippen molar-refractivity contribution in [3.05, 3.63) is 65.9 Å². The molecule has 0 saturated heterocycles. The second-order valence-corrected chi connectivity index (χ2v) is 4.78. The summed E-state index contributed by atoms with van der Waals surface area (Å²) in [6.45, 7) is 0. The molecule has 0 aliphatic carbocycles. The summed E-state index contributed by atoms with van der Waals surface area (Å²) < 4.78 is 0. The van der Waals surface area contributed by atoms with Crippen molar-refractivity contribution in [3.63, 3.8) is 0 Å².